The Morgan fingerprint density at radius 3 is 2.40 bits per heavy atom. The molecular weight excluding hydrogens is 554 g/mol. The van der Waals surface area contributed by atoms with E-state index in [0.29, 0.717) is 16.8 Å². The van der Waals surface area contributed by atoms with Crippen LogP contribution >= 0.6 is 11.6 Å². The number of nitrogens with two attached hydrogens (primary N) is 1. The van der Waals surface area contributed by atoms with Gasteiger partial charge in [0.25, 0.3) is 5.56 Å². The van der Waals surface area contributed by atoms with Crippen LogP contribution in [0.25, 0.3) is 16.5 Å². The number of halogens is 5. The van der Waals surface area contributed by atoms with Crippen molar-refractivity contribution in [3.05, 3.63) is 99.9 Å². The van der Waals surface area contributed by atoms with E-state index in [9.17, 15) is 22.4 Å². The minimum Gasteiger partial charge on any atom is -0.453 e. The van der Waals surface area contributed by atoms with E-state index < -0.39 is 23.5 Å². The molecule has 0 aliphatic heterocycles. The second kappa shape index (κ2) is 10.4. The van der Waals surface area contributed by atoms with Crippen LogP contribution < -0.4 is 26.1 Å². The standard InChI is InChI=1S/C27H18ClF4N5O3/c1-14-12-15-8-10-35-25(22(15)26(38)37(14)17-3-5-18(6-4-17)40-27(30,31)32)36-16-2-7-20(19(29)13-16)39-21-9-11-34-24(33)23(21)28/h2-13H,1H3,(H2,33,34)(H,35,36). The lowest BCUT2D eigenvalue weighted by Crippen LogP contribution is -2.22. The zero-order valence-corrected chi connectivity index (χ0v) is 21.2. The molecule has 0 amide bonds. The molecule has 3 aromatic heterocycles. The number of rotatable bonds is 6. The minimum absolute atomic E-state index is 0.0337. The summed E-state index contributed by atoms with van der Waals surface area (Å²) in [6.07, 6.45) is -1.98. The number of anilines is 3. The van der Waals surface area contributed by atoms with Gasteiger partial charge in [0.1, 0.15) is 22.4 Å². The predicted octanol–water partition coefficient (Wildman–Crippen LogP) is 6.90. The van der Waals surface area contributed by atoms with Gasteiger partial charge in [-0.05, 0) is 60.8 Å². The van der Waals surface area contributed by atoms with Crippen LogP contribution in [0.15, 0.2) is 77.9 Å². The van der Waals surface area contributed by atoms with Crippen molar-refractivity contribution in [1.82, 2.24) is 14.5 Å². The van der Waals surface area contributed by atoms with Crippen LogP contribution in [0.1, 0.15) is 5.69 Å². The van der Waals surface area contributed by atoms with Crippen molar-refractivity contribution in [2.24, 2.45) is 0 Å². The Hall–Kier alpha value is -4.84. The van der Waals surface area contributed by atoms with E-state index in [1.165, 1.54) is 47.3 Å². The molecule has 0 aliphatic carbocycles. The van der Waals surface area contributed by atoms with Crippen molar-refractivity contribution in [2.75, 3.05) is 11.1 Å². The van der Waals surface area contributed by atoms with E-state index in [4.69, 9.17) is 22.1 Å². The predicted molar refractivity (Wildman–Crippen MR) is 142 cm³/mol. The molecule has 0 saturated heterocycles. The van der Waals surface area contributed by atoms with Gasteiger partial charge in [-0.3, -0.25) is 9.36 Å². The topological polar surface area (TPSA) is 104 Å². The summed E-state index contributed by atoms with van der Waals surface area (Å²) in [5.41, 5.74) is 6.29. The lowest BCUT2D eigenvalue weighted by molar-refractivity contribution is -0.274. The number of aryl methyl sites for hydroxylation is 1. The van der Waals surface area contributed by atoms with Crippen LogP contribution in [0.2, 0.25) is 5.02 Å². The first-order chi connectivity index (χ1) is 19.0. The molecule has 2 aromatic carbocycles. The molecule has 3 N–H and O–H groups in total. The van der Waals surface area contributed by atoms with Crippen molar-refractivity contribution in [2.45, 2.75) is 13.3 Å². The maximum absolute atomic E-state index is 14.9. The Labute approximate surface area is 228 Å². The van der Waals surface area contributed by atoms with Gasteiger partial charge in [0.2, 0.25) is 0 Å². The molecule has 0 atom stereocenters. The first-order valence-electron chi connectivity index (χ1n) is 11.5. The summed E-state index contributed by atoms with van der Waals surface area (Å²) in [5, 5.41) is 3.73. The maximum Gasteiger partial charge on any atom is 0.573 e. The van der Waals surface area contributed by atoms with Crippen molar-refractivity contribution >= 4 is 39.7 Å². The molecule has 0 radical (unpaired) electrons. The van der Waals surface area contributed by atoms with Crippen molar-refractivity contribution < 1.29 is 27.0 Å². The highest BCUT2D eigenvalue weighted by atomic mass is 35.5. The number of aromatic nitrogens is 3. The molecule has 0 unspecified atom stereocenters. The van der Waals surface area contributed by atoms with E-state index in [0.717, 1.165) is 18.2 Å². The SMILES string of the molecule is Cc1cc2ccnc(Nc3ccc(Oc4ccnc(N)c4Cl)c(F)c3)c2c(=O)n1-c1ccc(OC(F)(F)F)cc1. The van der Waals surface area contributed by atoms with E-state index in [1.54, 1.807) is 19.1 Å². The molecule has 0 fully saturated rings. The molecule has 13 heteroatoms. The quantitative estimate of drug-likeness (QED) is 0.214. The molecule has 204 valence electrons. The molecule has 5 aromatic rings. The fraction of sp³-hybridized carbons (Fsp3) is 0.0741. The highest BCUT2D eigenvalue weighted by Gasteiger charge is 2.31. The summed E-state index contributed by atoms with van der Waals surface area (Å²) in [6, 6.07) is 13.7. The number of ether oxygens (including phenoxy) is 2. The van der Waals surface area contributed by atoms with Crippen LogP contribution in [-0.4, -0.2) is 20.9 Å². The zero-order chi connectivity index (χ0) is 28.6. The van der Waals surface area contributed by atoms with Gasteiger partial charge < -0.3 is 20.5 Å². The maximum atomic E-state index is 14.9. The average molecular weight is 572 g/mol. The highest BCUT2D eigenvalue weighted by molar-refractivity contribution is 6.34. The summed E-state index contributed by atoms with van der Waals surface area (Å²) >= 11 is 6.07. The third-order valence-corrected chi connectivity index (χ3v) is 6.12. The highest BCUT2D eigenvalue weighted by Crippen LogP contribution is 2.34. The third kappa shape index (κ3) is 5.47. The fourth-order valence-corrected chi connectivity index (χ4v) is 4.18. The zero-order valence-electron chi connectivity index (χ0n) is 20.5. The molecule has 40 heavy (non-hydrogen) atoms. The van der Waals surface area contributed by atoms with E-state index in [1.807, 2.05) is 0 Å². The summed E-state index contributed by atoms with van der Waals surface area (Å²) in [5.74, 6) is -0.974. The molecule has 5 rings (SSSR count). The summed E-state index contributed by atoms with van der Waals surface area (Å²) in [7, 11) is 0. The monoisotopic (exact) mass is 571 g/mol. The Balaban J connectivity index is 1.48. The Bertz CT molecular complexity index is 1790. The Morgan fingerprint density at radius 1 is 0.975 bits per heavy atom. The van der Waals surface area contributed by atoms with Gasteiger partial charge in [-0.15, -0.1) is 13.2 Å². The van der Waals surface area contributed by atoms with Gasteiger partial charge in [0.05, 0.1) is 5.39 Å². The smallest absolute Gasteiger partial charge is 0.453 e. The Morgan fingerprint density at radius 2 is 1.70 bits per heavy atom. The van der Waals surface area contributed by atoms with Gasteiger partial charge in [-0.1, -0.05) is 11.6 Å². The largest absolute Gasteiger partial charge is 0.573 e. The number of hydrogen-bond donors (Lipinski definition) is 2. The van der Waals surface area contributed by atoms with E-state index in [-0.39, 0.29) is 39.2 Å². The van der Waals surface area contributed by atoms with Gasteiger partial charge >= 0.3 is 6.36 Å². The van der Waals surface area contributed by atoms with Gasteiger partial charge in [-0.2, -0.15) is 0 Å². The normalized spacial score (nSPS) is 11.4. The molecular formula is C27H18ClF4N5O3. The lowest BCUT2D eigenvalue weighted by Gasteiger charge is -2.15. The van der Waals surface area contributed by atoms with E-state index >= 15 is 0 Å². The molecule has 0 spiro atoms. The van der Waals surface area contributed by atoms with Crippen molar-refractivity contribution in [3.63, 3.8) is 0 Å². The average Bonchev–Trinajstić information content (AvgIpc) is 2.88. The number of nitrogens with one attached hydrogen (secondary N) is 1. The summed E-state index contributed by atoms with van der Waals surface area (Å²) in [4.78, 5) is 21.7. The lowest BCUT2D eigenvalue weighted by atomic mass is 10.1. The van der Waals surface area contributed by atoms with Crippen LogP contribution in [-0.2, 0) is 0 Å². The third-order valence-electron chi connectivity index (χ3n) is 5.74. The minimum atomic E-state index is -4.84. The number of hydrogen-bond acceptors (Lipinski definition) is 7. The van der Waals surface area contributed by atoms with Crippen LogP contribution in [0.4, 0.5) is 34.9 Å². The number of fused-ring (bicyclic) bond motifs is 1. The van der Waals surface area contributed by atoms with Crippen molar-refractivity contribution in [1.29, 1.82) is 0 Å². The number of pyridine rings is 3. The van der Waals surface area contributed by atoms with Crippen LogP contribution in [0.3, 0.4) is 0 Å². The van der Waals surface area contributed by atoms with Gasteiger partial charge in [-0.25, -0.2) is 14.4 Å². The van der Waals surface area contributed by atoms with Crippen molar-refractivity contribution in [3.8, 4) is 22.9 Å². The van der Waals surface area contributed by atoms with Gasteiger partial charge in [0, 0.05) is 41.6 Å². The first-order valence-corrected chi connectivity index (χ1v) is 11.9. The van der Waals surface area contributed by atoms with Crippen LogP contribution in [0.5, 0.6) is 17.2 Å². The first kappa shape index (κ1) is 26.8. The number of alkyl halides is 3. The second-order valence-electron chi connectivity index (χ2n) is 8.47. The Kier molecular flexibility index (Phi) is 6.94. The number of nitrogen functional groups attached to an aromatic ring is 1. The van der Waals surface area contributed by atoms with Gasteiger partial charge in [0.15, 0.2) is 17.3 Å². The molecule has 0 bridgehead atoms. The number of nitrogens with zero attached hydrogens (tertiary/aromatic N) is 3. The fourth-order valence-electron chi connectivity index (χ4n) is 4.03. The molecule has 3 heterocycles. The second-order valence-corrected chi connectivity index (χ2v) is 8.85. The van der Waals surface area contributed by atoms with Crippen LogP contribution in [0, 0.1) is 12.7 Å². The number of benzene rings is 2. The summed E-state index contributed by atoms with van der Waals surface area (Å²) < 4.78 is 63.3. The molecule has 8 nitrogen and oxygen atoms in total. The molecule has 0 saturated carbocycles. The van der Waals surface area contributed by atoms with E-state index in [2.05, 4.69) is 20.0 Å². The molecule has 0 aliphatic rings. The summed E-state index contributed by atoms with van der Waals surface area (Å²) in [6.45, 7) is 1.69.